The van der Waals surface area contributed by atoms with Crippen molar-refractivity contribution >= 4 is 11.9 Å². The molecule has 0 aromatic heterocycles. The fourth-order valence-corrected chi connectivity index (χ4v) is 1.91. The van der Waals surface area contributed by atoms with E-state index in [0.717, 1.165) is 0 Å². The Kier molecular flexibility index (Phi) is 2.54. The van der Waals surface area contributed by atoms with Crippen molar-refractivity contribution < 1.29 is 24.3 Å². The van der Waals surface area contributed by atoms with Gasteiger partial charge < -0.3 is 14.7 Å². The van der Waals surface area contributed by atoms with Gasteiger partial charge in [0.15, 0.2) is 0 Å². The van der Waals surface area contributed by atoms with Gasteiger partial charge in [-0.15, -0.1) is 0 Å². The highest BCUT2D eigenvalue weighted by atomic mass is 16.4. The summed E-state index contributed by atoms with van der Waals surface area (Å²) in [5.74, 6) is -3.58. The topological polar surface area (TPSA) is 74.6 Å². The molecule has 0 aromatic carbocycles. The van der Waals surface area contributed by atoms with Crippen molar-refractivity contribution in [2.45, 2.75) is 0 Å². The first-order valence-corrected chi connectivity index (χ1v) is 4.50. The van der Waals surface area contributed by atoms with Crippen molar-refractivity contribution in [1.82, 2.24) is 0 Å². The van der Waals surface area contributed by atoms with Gasteiger partial charge in [0.1, 0.15) is 0 Å². The lowest BCUT2D eigenvalue weighted by atomic mass is 10.3. The van der Waals surface area contributed by atoms with E-state index in [1.807, 2.05) is 21.1 Å². The van der Waals surface area contributed by atoms with Gasteiger partial charge in [-0.3, -0.25) is 9.59 Å². The van der Waals surface area contributed by atoms with E-state index in [-0.39, 0.29) is 5.92 Å². The third-order valence-corrected chi connectivity index (χ3v) is 2.50. The number of nitrogens with zero attached hydrogens (tertiary/aromatic N) is 1. The fourth-order valence-electron chi connectivity index (χ4n) is 1.91. The maximum absolute atomic E-state index is 10.7. The van der Waals surface area contributed by atoms with Gasteiger partial charge in [0.2, 0.25) is 0 Å². The van der Waals surface area contributed by atoms with Crippen LogP contribution in [-0.4, -0.2) is 54.3 Å². The Labute approximate surface area is 82.5 Å². The maximum Gasteiger partial charge on any atom is 0.307 e. The lowest BCUT2D eigenvalue weighted by molar-refractivity contribution is -0.872. The fraction of sp³-hybridized carbons (Fsp3) is 0.778. The zero-order valence-electron chi connectivity index (χ0n) is 8.60. The zero-order valence-corrected chi connectivity index (χ0v) is 8.60. The molecule has 1 saturated carbocycles. The first-order valence-electron chi connectivity index (χ1n) is 4.50. The lowest BCUT2D eigenvalue weighted by Gasteiger charge is -2.23. The van der Waals surface area contributed by atoms with Crippen LogP contribution in [0.5, 0.6) is 0 Å². The van der Waals surface area contributed by atoms with Crippen LogP contribution in [0.1, 0.15) is 0 Å². The maximum atomic E-state index is 10.7. The van der Waals surface area contributed by atoms with Crippen molar-refractivity contribution in [3.8, 4) is 0 Å². The van der Waals surface area contributed by atoms with Gasteiger partial charge in [-0.1, -0.05) is 0 Å². The number of carboxylic acids is 2. The van der Waals surface area contributed by atoms with Crippen LogP contribution in [0.15, 0.2) is 0 Å². The van der Waals surface area contributed by atoms with Gasteiger partial charge in [0, 0.05) is 5.92 Å². The van der Waals surface area contributed by atoms with Gasteiger partial charge in [-0.2, -0.15) is 0 Å². The van der Waals surface area contributed by atoms with Gasteiger partial charge in [-0.05, 0) is 0 Å². The highest BCUT2D eigenvalue weighted by Crippen LogP contribution is 2.47. The summed E-state index contributed by atoms with van der Waals surface area (Å²) in [4.78, 5) is 21.4. The molecule has 80 valence electrons. The number of rotatable bonds is 4. The molecule has 2 atom stereocenters. The van der Waals surface area contributed by atoms with Crippen LogP contribution in [-0.2, 0) is 9.59 Å². The van der Waals surface area contributed by atoms with Crippen molar-refractivity contribution in [3.63, 3.8) is 0 Å². The summed E-state index contributed by atoms with van der Waals surface area (Å²) in [6, 6.07) is 0. The second-order valence-corrected chi connectivity index (χ2v) is 4.86. The van der Waals surface area contributed by atoms with Crippen molar-refractivity contribution in [3.05, 3.63) is 0 Å². The van der Waals surface area contributed by atoms with E-state index in [1.54, 1.807) is 0 Å². The molecule has 0 aromatic rings. The molecular formula is C9H16NO4+. The van der Waals surface area contributed by atoms with Crippen molar-refractivity contribution in [2.24, 2.45) is 17.8 Å². The van der Waals surface area contributed by atoms with Gasteiger partial charge in [-0.25, -0.2) is 0 Å². The number of hydrogen-bond acceptors (Lipinski definition) is 2. The molecule has 0 amide bonds. The van der Waals surface area contributed by atoms with Gasteiger partial charge in [0.25, 0.3) is 0 Å². The number of carboxylic acid groups (broad SMARTS) is 2. The van der Waals surface area contributed by atoms with E-state index in [2.05, 4.69) is 0 Å². The van der Waals surface area contributed by atoms with Gasteiger partial charge in [0.05, 0.1) is 39.5 Å². The average Bonchev–Trinajstić information content (AvgIpc) is 2.57. The molecule has 0 aliphatic heterocycles. The van der Waals surface area contributed by atoms with Crippen LogP contribution in [0.3, 0.4) is 0 Å². The minimum Gasteiger partial charge on any atom is -0.481 e. The normalized spacial score (nSPS) is 31.2. The van der Waals surface area contributed by atoms with Crippen LogP contribution >= 0.6 is 0 Å². The largest absolute Gasteiger partial charge is 0.481 e. The predicted molar refractivity (Wildman–Crippen MR) is 48.6 cm³/mol. The third kappa shape index (κ3) is 2.23. The second kappa shape index (κ2) is 3.24. The van der Waals surface area contributed by atoms with Crippen LogP contribution in [0, 0.1) is 17.8 Å². The molecule has 1 aliphatic carbocycles. The van der Waals surface area contributed by atoms with E-state index < -0.39 is 23.8 Å². The summed E-state index contributed by atoms with van der Waals surface area (Å²) >= 11 is 0. The smallest absolute Gasteiger partial charge is 0.307 e. The molecule has 5 nitrogen and oxygen atoms in total. The molecule has 2 N–H and O–H groups in total. The summed E-state index contributed by atoms with van der Waals surface area (Å²) in [6.45, 7) is 0.591. The Morgan fingerprint density at radius 3 is 1.64 bits per heavy atom. The summed E-state index contributed by atoms with van der Waals surface area (Å²) in [7, 11) is 5.78. The third-order valence-electron chi connectivity index (χ3n) is 2.50. The minimum absolute atomic E-state index is 0.218. The number of hydrogen-bond donors (Lipinski definition) is 2. The molecule has 14 heavy (non-hydrogen) atoms. The van der Waals surface area contributed by atoms with E-state index in [0.29, 0.717) is 11.0 Å². The first-order chi connectivity index (χ1) is 6.24. The van der Waals surface area contributed by atoms with Crippen LogP contribution < -0.4 is 0 Å². The van der Waals surface area contributed by atoms with Crippen molar-refractivity contribution in [1.29, 1.82) is 0 Å². The first kappa shape index (κ1) is 11.0. The van der Waals surface area contributed by atoms with E-state index in [1.165, 1.54) is 0 Å². The zero-order chi connectivity index (χ0) is 11.1. The Hall–Kier alpha value is -1.10. The molecule has 0 saturated heterocycles. The summed E-state index contributed by atoms with van der Waals surface area (Å²) in [5.41, 5.74) is 0. The molecular weight excluding hydrogens is 186 g/mol. The number of quaternary nitrogens is 1. The average molecular weight is 202 g/mol. The molecule has 2 unspecified atom stereocenters. The molecule has 0 bridgehead atoms. The number of carbonyl (C=O) groups is 2. The summed E-state index contributed by atoms with van der Waals surface area (Å²) in [5, 5.41) is 17.5. The SMILES string of the molecule is C[N+](C)(C)CC1C(C(=O)O)C1C(=O)O. The highest BCUT2D eigenvalue weighted by Gasteiger charge is 2.61. The molecule has 0 heterocycles. The molecule has 1 aliphatic rings. The Morgan fingerprint density at radius 2 is 1.43 bits per heavy atom. The quantitative estimate of drug-likeness (QED) is 0.615. The van der Waals surface area contributed by atoms with E-state index in [9.17, 15) is 9.59 Å². The summed E-state index contributed by atoms with van der Waals surface area (Å²) < 4.78 is 0.595. The van der Waals surface area contributed by atoms with Crippen LogP contribution in [0.25, 0.3) is 0 Å². The van der Waals surface area contributed by atoms with Crippen molar-refractivity contribution in [2.75, 3.05) is 27.7 Å². The van der Waals surface area contributed by atoms with E-state index in [4.69, 9.17) is 10.2 Å². The Morgan fingerprint density at radius 1 is 1.07 bits per heavy atom. The second-order valence-electron chi connectivity index (χ2n) is 4.86. The Bertz CT molecular complexity index is 248. The molecule has 5 heteroatoms. The molecule has 0 radical (unpaired) electrons. The molecule has 0 spiro atoms. The Balaban J connectivity index is 2.64. The molecule has 1 rings (SSSR count). The lowest BCUT2D eigenvalue weighted by Crippen LogP contribution is -2.37. The minimum atomic E-state index is -0.990. The standard InChI is InChI=1S/C9H15NO4/c1-10(2,3)4-5-6(8(11)12)7(5)9(13)14/h5-7H,4H2,1-3H3,(H-,11,12,13,14)/p+1. The summed E-state index contributed by atoms with van der Waals surface area (Å²) in [6.07, 6.45) is 0. The number of aliphatic carboxylic acids is 2. The highest BCUT2D eigenvalue weighted by molar-refractivity contribution is 5.86. The molecule has 1 fully saturated rings. The monoisotopic (exact) mass is 202 g/mol. The van der Waals surface area contributed by atoms with Crippen LogP contribution in [0.2, 0.25) is 0 Å². The van der Waals surface area contributed by atoms with Gasteiger partial charge >= 0.3 is 11.9 Å². The van der Waals surface area contributed by atoms with E-state index >= 15 is 0 Å². The van der Waals surface area contributed by atoms with Crippen LogP contribution in [0.4, 0.5) is 0 Å². The predicted octanol–water partition coefficient (Wildman–Crippen LogP) is -0.276.